The van der Waals surface area contributed by atoms with E-state index in [0.29, 0.717) is 18.9 Å². The van der Waals surface area contributed by atoms with Gasteiger partial charge in [-0.15, -0.1) is 0 Å². The smallest absolute Gasteiger partial charge is 0.262 e. The van der Waals surface area contributed by atoms with Crippen LogP contribution in [0.3, 0.4) is 0 Å². The molecule has 2 rings (SSSR count). The van der Waals surface area contributed by atoms with Crippen molar-refractivity contribution in [3.63, 3.8) is 0 Å². The molecule has 1 N–H and O–H groups in total. The highest BCUT2D eigenvalue weighted by Gasteiger charge is 2.17. The molecular formula is C18H20N2O3. The SMILES string of the molecule is C=CCOc1ccc(/C=C(\C#N)C(=O)NC[C@@H]2CCCO2)cc1. The van der Waals surface area contributed by atoms with Gasteiger partial charge in [-0.25, -0.2) is 0 Å². The number of hydrogen-bond acceptors (Lipinski definition) is 4. The molecule has 1 aromatic rings. The van der Waals surface area contributed by atoms with Gasteiger partial charge in [-0.05, 0) is 36.6 Å². The van der Waals surface area contributed by atoms with Crippen molar-refractivity contribution in [3.8, 4) is 11.8 Å². The van der Waals surface area contributed by atoms with Gasteiger partial charge in [-0.2, -0.15) is 5.26 Å². The summed E-state index contributed by atoms with van der Waals surface area (Å²) in [7, 11) is 0. The van der Waals surface area contributed by atoms with E-state index in [4.69, 9.17) is 9.47 Å². The summed E-state index contributed by atoms with van der Waals surface area (Å²) < 4.78 is 10.8. The topological polar surface area (TPSA) is 71.3 Å². The van der Waals surface area contributed by atoms with E-state index in [9.17, 15) is 10.1 Å². The molecule has 0 spiro atoms. The highest BCUT2D eigenvalue weighted by Crippen LogP contribution is 2.15. The summed E-state index contributed by atoms with van der Waals surface area (Å²) in [5, 5.41) is 11.9. The molecule has 1 aliphatic heterocycles. The van der Waals surface area contributed by atoms with Crippen LogP contribution in [0.2, 0.25) is 0 Å². The first-order chi connectivity index (χ1) is 11.2. The molecule has 1 aromatic carbocycles. The molecule has 1 saturated heterocycles. The van der Waals surface area contributed by atoms with E-state index >= 15 is 0 Å². The van der Waals surface area contributed by atoms with Crippen molar-refractivity contribution in [2.45, 2.75) is 18.9 Å². The minimum Gasteiger partial charge on any atom is -0.490 e. The van der Waals surface area contributed by atoms with Crippen LogP contribution in [0.4, 0.5) is 0 Å². The lowest BCUT2D eigenvalue weighted by Crippen LogP contribution is -2.32. The summed E-state index contributed by atoms with van der Waals surface area (Å²) in [4.78, 5) is 12.1. The largest absolute Gasteiger partial charge is 0.490 e. The fourth-order valence-corrected chi connectivity index (χ4v) is 2.24. The van der Waals surface area contributed by atoms with Crippen LogP contribution in [0, 0.1) is 11.3 Å². The maximum atomic E-state index is 12.1. The van der Waals surface area contributed by atoms with Crippen LogP contribution >= 0.6 is 0 Å². The molecule has 5 nitrogen and oxygen atoms in total. The Morgan fingerprint density at radius 2 is 2.26 bits per heavy atom. The fourth-order valence-electron chi connectivity index (χ4n) is 2.24. The second-order valence-electron chi connectivity index (χ2n) is 5.18. The molecule has 0 radical (unpaired) electrons. The lowest BCUT2D eigenvalue weighted by atomic mass is 10.1. The van der Waals surface area contributed by atoms with Gasteiger partial charge in [0.2, 0.25) is 0 Å². The maximum absolute atomic E-state index is 12.1. The van der Waals surface area contributed by atoms with E-state index < -0.39 is 0 Å². The van der Waals surface area contributed by atoms with E-state index in [-0.39, 0.29) is 17.6 Å². The molecule has 0 unspecified atom stereocenters. The number of carbonyl (C=O) groups excluding carboxylic acids is 1. The number of nitrogens with one attached hydrogen (secondary N) is 1. The fraction of sp³-hybridized carbons (Fsp3) is 0.333. The molecular weight excluding hydrogens is 292 g/mol. The van der Waals surface area contributed by atoms with Gasteiger partial charge in [0, 0.05) is 13.2 Å². The zero-order valence-electron chi connectivity index (χ0n) is 13.0. The number of benzene rings is 1. The Hall–Kier alpha value is -2.58. The Morgan fingerprint density at radius 1 is 1.48 bits per heavy atom. The number of nitrogens with zero attached hydrogens (tertiary/aromatic N) is 1. The number of rotatable bonds is 7. The first-order valence-electron chi connectivity index (χ1n) is 7.58. The number of ether oxygens (including phenoxy) is 2. The molecule has 5 heteroatoms. The summed E-state index contributed by atoms with van der Waals surface area (Å²) in [6.07, 6.45) is 5.24. The molecule has 0 aliphatic carbocycles. The van der Waals surface area contributed by atoms with Gasteiger partial charge in [0.1, 0.15) is 24.0 Å². The van der Waals surface area contributed by atoms with E-state index in [1.165, 1.54) is 0 Å². The van der Waals surface area contributed by atoms with Crippen molar-refractivity contribution < 1.29 is 14.3 Å². The van der Waals surface area contributed by atoms with Gasteiger partial charge in [0.15, 0.2) is 0 Å². The quantitative estimate of drug-likeness (QED) is 0.477. The normalized spacial score (nSPS) is 17.3. The molecule has 1 aliphatic rings. The minimum absolute atomic E-state index is 0.0557. The van der Waals surface area contributed by atoms with Crippen molar-refractivity contribution >= 4 is 12.0 Å². The van der Waals surface area contributed by atoms with Gasteiger partial charge in [-0.3, -0.25) is 4.79 Å². The van der Waals surface area contributed by atoms with Gasteiger partial charge in [0.05, 0.1) is 6.10 Å². The van der Waals surface area contributed by atoms with Crippen molar-refractivity contribution in [2.24, 2.45) is 0 Å². The molecule has 0 saturated carbocycles. The highest BCUT2D eigenvalue weighted by molar-refractivity contribution is 6.01. The van der Waals surface area contributed by atoms with Gasteiger partial charge >= 0.3 is 0 Å². The average molecular weight is 312 g/mol. The van der Waals surface area contributed by atoms with Crippen LogP contribution in [0.25, 0.3) is 6.08 Å². The number of hydrogen-bond donors (Lipinski definition) is 1. The first-order valence-corrected chi connectivity index (χ1v) is 7.58. The second-order valence-corrected chi connectivity index (χ2v) is 5.18. The lowest BCUT2D eigenvalue weighted by Gasteiger charge is -2.10. The molecule has 1 heterocycles. The third kappa shape index (κ3) is 5.28. The second kappa shape index (κ2) is 8.76. The standard InChI is InChI=1S/C18H20N2O3/c1-2-9-22-16-7-5-14(6-8-16)11-15(12-19)18(21)20-13-17-4-3-10-23-17/h2,5-8,11,17H,1,3-4,9-10,13H2,(H,20,21)/b15-11+/t17-/m0/s1. The van der Waals surface area contributed by atoms with Crippen LogP contribution in [-0.2, 0) is 9.53 Å². The van der Waals surface area contributed by atoms with Crippen LogP contribution in [0.1, 0.15) is 18.4 Å². The zero-order valence-corrected chi connectivity index (χ0v) is 13.0. The Kier molecular flexibility index (Phi) is 6.40. The molecule has 0 bridgehead atoms. The highest BCUT2D eigenvalue weighted by atomic mass is 16.5. The van der Waals surface area contributed by atoms with Gasteiger partial charge < -0.3 is 14.8 Å². The average Bonchev–Trinajstić information content (AvgIpc) is 3.10. The summed E-state index contributed by atoms with van der Waals surface area (Å²) in [5.74, 6) is 0.332. The van der Waals surface area contributed by atoms with Crippen LogP contribution in [-0.4, -0.2) is 31.8 Å². The molecule has 1 atom stereocenters. The van der Waals surface area contributed by atoms with E-state index in [1.54, 1.807) is 36.4 Å². The van der Waals surface area contributed by atoms with E-state index in [1.807, 2.05) is 6.07 Å². The molecule has 1 amide bonds. The Bertz CT molecular complexity index is 608. The number of amides is 1. The van der Waals surface area contributed by atoms with Crippen molar-refractivity contribution in [1.29, 1.82) is 5.26 Å². The van der Waals surface area contributed by atoms with E-state index in [2.05, 4.69) is 11.9 Å². The van der Waals surface area contributed by atoms with Crippen LogP contribution in [0.15, 0.2) is 42.5 Å². The summed E-state index contributed by atoms with van der Waals surface area (Å²) in [6, 6.07) is 9.10. The van der Waals surface area contributed by atoms with Gasteiger partial charge in [-0.1, -0.05) is 24.8 Å². The number of nitriles is 1. The van der Waals surface area contributed by atoms with Crippen molar-refractivity contribution in [1.82, 2.24) is 5.32 Å². The maximum Gasteiger partial charge on any atom is 0.262 e. The summed E-state index contributed by atoms with van der Waals surface area (Å²) in [6.45, 7) is 5.19. The zero-order chi connectivity index (χ0) is 16.5. The Labute approximate surface area is 136 Å². The third-order valence-electron chi connectivity index (χ3n) is 3.44. The molecule has 0 aromatic heterocycles. The Morgan fingerprint density at radius 3 is 2.87 bits per heavy atom. The predicted molar refractivity (Wildman–Crippen MR) is 87.7 cm³/mol. The monoisotopic (exact) mass is 312 g/mol. The molecule has 120 valence electrons. The van der Waals surface area contributed by atoms with Crippen molar-refractivity contribution in [3.05, 3.63) is 48.1 Å². The minimum atomic E-state index is -0.380. The predicted octanol–water partition coefficient (Wildman–Crippen LogP) is 2.45. The first kappa shape index (κ1) is 16.8. The lowest BCUT2D eigenvalue weighted by molar-refractivity contribution is -0.117. The Balaban J connectivity index is 1.95. The third-order valence-corrected chi connectivity index (χ3v) is 3.44. The molecule has 23 heavy (non-hydrogen) atoms. The summed E-state index contributed by atoms with van der Waals surface area (Å²) in [5.41, 5.74) is 0.836. The number of carbonyl (C=O) groups is 1. The molecule has 1 fully saturated rings. The van der Waals surface area contributed by atoms with E-state index in [0.717, 1.165) is 25.0 Å². The van der Waals surface area contributed by atoms with Crippen LogP contribution < -0.4 is 10.1 Å². The van der Waals surface area contributed by atoms with Crippen molar-refractivity contribution in [2.75, 3.05) is 19.8 Å². The summed E-state index contributed by atoms with van der Waals surface area (Å²) >= 11 is 0. The van der Waals surface area contributed by atoms with Gasteiger partial charge in [0.25, 0.3) is 5.91 Å². The van der Waals surface area contributed by atoms with Crippen LogP contribution in [0.5, 0.6) is 5.75 Å².